The second-order valence-corrected chi connectivity index (χ2v) is 6.31. The molecule has 0 aromatic carbocycles. The zero-order chi connectivity index (χ0) is 17.2. The van der Waals surface area contributed by atoms with Gasteiger partial charge in [0, 0.05) is 0 Å². The van der Waals surface area contributed by atoms with Crippen LogP contribution in [0.4, 0.5) is 0 Å². The van der Waals surface area contributed by atoms with Crippen molar-refractivity contribution in [3.8, 4) is 0 Å². The Morgan fingerprint density at radius 3 is 1.23 bits per heavy atom. The molecule has 0 amide bonds. The van der Waals surface area contributed by atoms with Gasteiger partial charge in [0.2, 0.25) is 0 Å². The van der Waals surface area contributed by atoms with E-state index in [9.17, 15) is 20.4 Å². The smallest absolute Gasteiger partial charge is 0.106 e. The van der Waals surface area contributed by atoms with E-state index in [2.05, 4.69) is 0 Å². The maximum atomic E-state index is 10.4. The fourth-order valence-electron chi connectivity index (χ4n) is 2.98. The SMILES string of the molecule is CCCC(O)(CCCCC(O)(CCC)C(O)CO)C(O)CO. The Balaban J connectivity index is 4.47. The van der Waals surface area contributed by atoms with Crippen LogP contribution in [0, 0.1) is 0 Å². The van der Waals surface area contributed by atoms with Crippen LogP contribution in [0.2, 0.25) is 0 Å². The summed E-state index contributed by atoms with van der Waals surface area (Å²) in [5.41, 5.74) is -2.63. The summed E-state index contributed by atoms with van der Waals surface area (Å²) in [5.74, 6) is 0. The molecule has 0 radical (unpaired) electrons. The van der Waals surface area contributed by atoms with Gasteiger partial charge in [0.1, 0.15) is 12.2 Å². The predicted octanol–water partition coefficient (Wildman–Crippen LogP) is 0.316. The van der Waals surface area contributed by atoms with Crippen LogP contribution >= 0.6 is 0 Å². The average Bonchev–Trinajstić information content (AvgIpc) is 2.50. The Bertz CT molecular complexity index is 260. The third kappa shape index (κ3) is 6.48. The largest absolute Gasteiger partial charge is 0.394 e. The molecule has 4 atom stereocenters. The summed E-state index contributed by atoms with van der Waals surface area (Å²) in [6.45, 7) is 2.82. The van der Waals surface area contributed by atoms with Crippen LogP contribution in [0.15, 0.2) is 0 Å². The normalized spacial score (nSPS) is 20.2. The second-order valence-electron chi connectivity index (χ2n) is 6.31. The van der Waals surface area contributed by atoms with Gasteiger partial charge in [-0.1, -0.05) is 39.5 Å². The van der Waals surface area contributed by atoms with Crippen molar-refractivity contribution in [1.82, 2.24) is 0 Å². The Labute approximate surface area is 133 Å². The van der Waals surface area contributed by atoms with E-state index < -0.39 is 36.6 Å². The first kappa shape index (κ1) is 21.8. The molecule has 0 saturated heterocycles. The Hall–Kier alpha value is -0.240. The monoisotopic (exact) mass is 322 g/mol. The van der Waals surface area contributed by atoms with Gasteiger partial charge in [0.15, 0.2) is 0 Å². The first-order valence-corrected chi connectivity index (χ1v) is 8.32. The van der Waals surface area contributed by atoms with Gasteiger partial charge in [0.05, 0.1) is 24.4 Å². The van der Waals surface area contributed by atoms with Crippen molar-refractivity contribution in [2.24, 2.45) is 0 Å². The molecule has 0 spiro atoms. The molecule has 6 nitrogen and oxygen atoms in total. The Morgan fingerprint density at radius 2 is 1.00 bits per heavy atom. The van der Waals surface area contributed by atoms with Crippen molar-refractivity contribution in [2.75, 3.05) is 13.2 Å². The van der Waals surface area contributed by atoms with Crippen molar-refractivity contribution < 1.29 is 30.6 Å². The highest BCUT2D eigenvalue weighted by Gasteiger charge is 2.36. The summed E-state index contributed by atoms with van der Waals surface area (Å²) >= 11 is 0. The van der Waals surface area contributed by atoms with Crippen LogP contribution in [0.5, 0.6) is 0 Å². The molecule has 0 aliphatic heterocycles. The maximum absolute atomic E-state index is 10.4. The zero-order valence-electron chi connectivity index (χ0n) is 13.9. The average molecular weight is 322 g/mol. The van der Waals surface area contributed by atoms with Gasteiger partial charge in [0.25, 0.3) is 0 Å². The lowest BCUT2D eigenvalue weighted by Gasteiger charge is -2.34. The van der Waals surface area contributed by atoms with Crippen LogP contribution in [0.1, 0.15) is 65.2 Å². The topological polar surface area (TPSA) is 121 Å². The molecule has 0 bridgehead atoms. The number of unbranched alkanes of at least 4 members (excludes halogenated alkanes) is 1. The van der Waals surface area contributed by atoms with E-state index >= 15 is 0 Å². The van der Waals surface area contributed by atoms with Crippen LogP contribution in [-0.2, 0) is 0 Å². The molecule has 4 unspecified atom stereocenters. The summed E-state index contributed by atoms with van der Waals surface area (Å²) in [6.07, 6.45) is 1.57. The number of aliphatic hydroxyl groups is 6. The minimum atomic E-state index is -1.32. The van der Waals surface area contributed by atoms with Gasteiger partial charge in [-0.15, -0.1) is 0 Å². The van der Waals surface area contributed by atoms with E-state index in [4.69, 9.17) is 10.2 Å². The van der Waals surface area contributed by atoms with E-state index in [1.165, 1.54) is 0 Å². The summed E-state index contributed by atoms with van der Waals surface area (Å²) < 4.78 is 0. The minimum absolute atomic E-state index is 0.319. The zero-order valence-corrected chi connectivity index (χ0v) is 13.9. The number of aliphatic hydroxyl groups excluding tert-OH is 4. The quantitative estimate of drug-likeness (QED) is 0.272. The van der Waals surface area contributed by atoms with Crippen molar-refractivity contribution >= 4 is 0 Å². The van der Waals surface area contributed by atoms with Gasteiger partial charge in [-0.05, 0) is 25.7 Å². The lowest BCUT2D eigenvalue weighted by molar-refractivity contribution is -0.113. The van der Waals surface area contributed by atoms with Crippen LogP contribution < -0.4 is 0 Å². The number of hydrogen-bond donors (Lipinski definition) is 6. The van der Waals surface area contributed by atoms with Crippen molar-refractivity contribution in [2.45, 2.75) is 88.6 Å². The second kappa shape index (κ2) is 10.5. The summed E-state index contributed by atoms with van der Waals surface area (Å²) in [7, 11) is 0. The van der Waals surface area contributed by atoms with E-state index in [0.29, 0.717) is 51.4 Å². The van der Waals surface area contributed by atoms with E-state index in [1.807, 2.05) is 13.8 Å². The highest BCUT2D eigenvalue weighted by Crippen LogP contribution is 2.28. The molecule has 0 aliphatic rings. The van der Waals surface area contributed by atoms with E-state index in [0.717, 1.165) is 0 Å². The Morgan fingerprint density at radius 1 is 0.682 bits per heavy atom. The fraction of sp³-hybridized carbons (Fsp3) is 1.00. The lowest BCUT2D eigenvalue weighted by atomic mass is 9.83. The molecule has 0 rings (SSSR count). The summed E-state index contributed by atoms with van der Waals surface area (Å²) in [5, 5.41) is 58.4. The number of rotatable bonds is 13. The maximum Gasteiger partial charge on any atom is 0.106 e. The highest BCUT2D eigenvalue weighted by atomic mass is 16.4. The van der Waals surface area contributed by atoms with Gasteiger partial charge < -0.3 is 30.6 Å². The fourth-order valence-corrected chi connectivity index (χ4v) is 2.98. The van der Waals surface area contributed by atoms with Gasteiger partial charge >= 0.3 is 0 Å². The first-order chi connectivity index (χ1) is 10.3. The molecule has 0 aromatic rings. The Kier molecular flexibility index (Phi) is 10.4. The molecule has 0 aliphatic carbocycles. The summed E-state index contributed by atoms with van der Waals surface area (Å²) in [4.78, 5) is 0. The number of hydrogen-bond acceptors (Lipinski definition) is 6. The van der Waals surface area contributed by atoms with Crippen molar-refractivity contribution in [3.63, 3.8) is 0 Å². The van der Waals surface area contributed by atoms with Crippen LogP contribution in [0.25, 0.3) is 0 Å². The molecule has 0 fully saturated rings. The molecule has 6 N–H and O–H groups in total. The molecule has 22 heavy (non-hydrogen) atoms. The van der Waals surface area contributed by atoms with Gasteiger partial charge in [-0.3, -0.25) is 0 Å². The summed E-state index contributed by atoms with van der Waals surface area (Å²) in [6, 6.07) is 0. The molecule has 134 valence electrons. The van der Waals surface area contributed by atoms with Gasteiger partial charge in [-0.2, -0.15) is 0 Å². The van der Waals surface area contributed by atoms with Crippen molar-refractivity contribution in [3.05, 3.63) is 0 Å². The van der Waals surface area contributed by atoms with Gasteiger partial charge in [-0.25, -0.2) is 0 Å². The van der Waals surface area contributed by atoms with E-state index in [-0.39, 0.29) is 0 Å². The third-order valence-corrected chi connectivity index (χ3v) is 4.42. The van der Waals surface area contributed by atoms with Crippen molar-refractivity contribution in [1.29, 1.82) is 0 Å². The minimum Gasteiger partial charge on any atom is -0.394 e. The molecular formula is C16H34O6. The highest BCUT2D eigenvalue weighted by molar-refractivity contribution is 4.88. The molecule has 0 saturated carbocycles. The third-order valence-electron chi connectivity index (χ3n) is 4.42. The molecule has 6 heteroatoms. The predicted molar refractivity (Wildman–Crippen MR) is 84.4 cm³/mol. The standard InChI is InChI=1S/C16H34O6/c1-3-7-15(21,13(19)11-17)9-5-6-10-16(22,8-4-2)14(20)12-18/h13-14,17-22H,3-12H2,1-2H3. The van der Waals surface area contributed by atoms with Crippen LogP contribution in [-0.4, -0.2) is 67.3 Å². The molecule has 0 aromatic heterocycles. The first-order valence-electron chi connectivity index (χ1n) is 8.32. The van der Waals surface area contributed by atoms with E-state index in [1.54, 1.807) is 0 Å². The molecule has 0 heterocycles. The lowest BCUT2D eigenvalue weighted by Crippen LogP contribution is -2.45. The van der Waals surface area contributed by atoms with Crippen LogP contribution in [0.3, 0.4) is 0 Å². The molecular weight excluding hydrogens is 288 g/mol.